The van der Waals surface area contributed by atoms with E-state index in [2.05, 4.69) is 31.9 Å². The first-order chi connectivity index (χ1) is 6.85. The molecule has 0 amide bonds. The van der Waals surface area contributed by atoms with Crippen LogP contribution in [0.1, 0.15) is 13.8 Å². The minimum atomic E-state index is -0.813. The highest BCUT2D eigenvalue weighted by Gasteiger charge is 2.43. The fraction of sp³-hybridized carbons (Fsp3) is 0.667. The SMILES string of the molecule is CC1(C)O[C@@H](C=C(Br)Br)[C@@H](C(=O)CO)O1. The predicted octanol–water partition coefficient (Wildman–Crippen LogP) is 1.70. The molecule has 1 heterocycles. The average Bonchev–Trinajstić information content (AvgIpc) is 2.38. The van der Waals surface area contributed by atoms with Gasteiger partial charge in [-0.25, -0.2) is 0 Å². The second-order valence-electron chi connectivity index (χ2n) is 3.60. The Hall–Kier alpha value is 0.250. The lowest BCUT2D eigenvalue weighted by Gasteiger charge is -2.15. The normalized spacial score (nSPS) is 28.9. The second-order valence-corrected chi connectivity index (χ2v) is 6.37. The molecule has 1 rings (SSSR count). The van der Waals surface area contributed by atoms with Crippen LogP contribution in [-0.4, -0.2) is 35.5 Å². The van der Waals surface area contributed by atoms with Crippen molar-refractivity contribution >= 4 is 37.6 Å². The van der Waals surface area contributed by atoms with Crippen LogP contribution < -0.4 is 0 Å². The molecule has 0 aliphatic carbocycles. The molecule has 15 heavy (non-hydrogen) atoms. The average molecular weight is 344 g/mol. The highest BCUT2D eigenvalue weighted by molar-refractivity contribution is 9.28. The Bertz CT molecular complexity index is 284. The van der Waals surface area contributed by atoms with Gasteiger partial charge in [0.2, 0.25) is 0 Å². The lowest BCUT2D eigenvalue weighted by molar-refractivity contribution is -0.154. The highest BCUT2D eigenvalue weighted by Crippen LogP contribution is 2.31. The number of aliphatic hydroxyl groups is 1. The molecule has 1 saturated heterocycles. The van der Waals surface area contributed by atoms with Gasteiger partial charge in [0.1, 0.15) is 12.7 Å². The fourth-order valence-electron chi connectivity index (χ4n) is 1.37. The number of hydrogen-bond acceptors (Lipinski definition) is 4. The molecule has 0 spiro atoms. The van der Waals surface area contributed by atoms with Crippen molar-refractivity contribution in [3.05, 3.63) is 9.47 Å². The van der Waals surface area contributed by atoms with Gasteiger partial charge in [0, 0.05) is 0 Å². The van der Waals surface area contributed by atoms with Gasteiger partial charge in [0.05, 0.1) is 3.39 Å². The van der Waals surface area contributed by atoms with E-state index in [4.69, 9.17) is 14.6 Å². The van der Waals surface area contributed by atoms with Crippen LogP contribution in [0.3, 0.4) is 0 Å². The standard InChI is InChI=1S/C9H12Br2O4/c1-9(2)14-6(3-7(10)11)8(15-9)5(13)4-12/h3,6,8,12H,4H2,1-2H3/t6-,8+/m0/s1. The third-order valence-corrected chi connectivity index (χ3v) is 2.42. The Labute approximate surface area is 105 Å². The van der Waals surface area contributed by atoms with Crippen LogP contribution in [-0.2, 0) is 14.3 Å². The number of rotatable bonds is 3. The van der Waals surface area contributed by atoms with Gasteiger partial charge >= 0.3 is 0 Å². The Morgan fingerprint density at radius 2 is 2.07 bits per heavy atom. The van der Waals surface area contributed by atoms with Gasteiger partial charge in [0.25, 0.3) is 0 Å². The molecule has 1 fully saturated rings. The summed E-state index contributed by atoms with van der Waals surface area (Å²) in [5.41, 5.74) is 0. The number of aliphatic hydroxyl groups excluding tert-OH is 1. The molecule has 0 aromatic carbocycles. The molecule has 1 N–H and O–H groups in total. The zero-order valence-corrected chi connectivity index (χ0v) is 11.5. The molecule has 4 nitrogen and oxygen atoms in total. The van der Waals surface area contributed by atoms with E-state index in [0.717, 1.165) is 0 Å². The van der Waals surface area contributed by atoms with Gasteiger partial charge < -0.3 is 14.6 Å². The van der Waals surface area contributed by atoms with Crippen LogP contribution in [0.5, 0.6) is 0 Å². The maximum atomic E-state index is 11.4. The maximum Gasteiger partial charge on any atom is 0.189 e. The van der Waals surface area contributed by atoms with Crippen molar-refractivity contribution in [3.63, 3.8) is 0 Å². The van der Waals surface area contributed by atoms with Crippen molar-refractivity contribution in [2.75, 3.05) is 6.61 Å². The Morgan fingerprint density at radius 1 is 1.47 bits per heavy atom. The minimum absolute atomic E-state index is 0.386. The van der Waals surface area contributed by atoms with Crippen molar-refractivity contribution in [1.82, 2.24) is 0 Å². The number of Topliss-reactive ketones (excluding diaryl/α,β-unsaturated/α-hetero) is 1. The summed E-state index contributed by atoms with van der Waals surface area (Å²) >= 11 is 6.38. The first kappa shape index (κ1) is 13.3. The van der Waals surface area contributed by atoms with Gasteiger partial charge in [-0.3, -0.25) is 4.79 Å². The van der Waals surface area contributed by atoms with Crippen LogP contribution in [0.25, 0.3) is 0 Å². The molecule has 1 aliphatic heterocycles. The van der Waals surface area contributed by atoms with Gasteiger partial charge in [-0.1, -0.05) is 0 Å². The summed E-state index contributed by atoms with van der Waals surface area (Å²) < 4.78 is 11.6. The molecule has 2 atom stereocenters. The monoisotopic (exact) mass is 342 g/mol. The van der Waals surface area contributed by atoms with Crippen molar-refractivity contribution in [2.24, 2.45) is 0 Å². The largest absolute Gasteiger partial charge is 0.388 e. The van der Waals surface area contributed by atoms with Gasteiger partial charge in [-0.15, -0.1) is 0 Å². The quantitative estimate of drug-likeness (QED) is 0.847. The number of halogens is 2. The topological polar surface area (TPSA) is 55.8 Å². The predicted molar refractivity (Wildman–Crippen MR) is 61.9 cm³/mol. The Morgan fingerprint density at radius 3 is 2.53 bits per heavy atom. The number of ketones is 1. The van der Waals surface area contributed by atoms with Gasteiger partial charge in [-0.2, -0.15) is 0 Å². The fourth-order valence-corrected chi connectivity index (χ4v) is 1.90. The lowest BCUT2D eigenvalue weighted by atomic mass is 10.1. The number of hydrogen-bond donors (Lipinski definition) is 1. The van der Waals surface area contributed by atoms with E-state index < -0.39 is 24.6 Å². The highest BCUT2D eigenvalue weighted by atomic mass is 79.9. The van der Waals surface area contributed by atoms with Crippen LogP contribution in [0, 0.1) is 0 Å². The van der Waals surface area contributed by atoms with E-state index in [1.165, 1.54) is 0 Å². The molecule has 0 aromatic rings. The molecule has 0 radical (unpaired) electrons. The van der Waals surface area contributed by atoms with Crippen LogP contribution in [0.2, 0.25) is 0 Å². The van der Waals surface area contributed by atoms with E-state index >= 15 is 0 Å². The summed E-state index contributed by atoms with van der Waals surface area (Å²) in [6.45, 7) is 2.90. The van der Waals surface area contributed by atoms with E-state index in [1.54, 1.807) is 19.9 Å². The Balaban J connectivity index is 2.84. The third kappa shape index (κ3) is 3.64. The summed E-state index contributed by atoms with van der Waals surface area (Å²) in [5, 5.41) is 8.79. The summed E-state index contributed by atoms with van der Waals surface area (Å²) in [6, 6.07) is 0. The molecular weight excluding hydrogens is 332 g/mol. The summed E-state index contributed by atoms with van der Waals surface area (Å²) in [6.07, 6.45) is 0.427. The summed E-state index contributed by atoms with van der Waals surface area (Å²) in [5.74, 6) is -1.20. The van der Waals surface area contributed by atoms with Crippen LogP contribution >= 0.6 is 31.9 Å². The van der Waals surface area contributed by atoms with E-state index in [-0.39, 0.29) is 5.78 Å². The van der Waals surface area contributed by atoms with E-state index in [0.29, 0.717) is 3.39 Å². The smallest absolute Gasteiger partial charge is 0.189 e. The summed E-state index contributed by atoms with van der Waals surface area (Å²) in [7, 11) is 0. The summed E-state index contributed by atoms with van der Waals surface area (Å²) in [4.78, 5) is 11.4. The lowest BCUT2D eigenvalue weighted by Crippen LogP contribution is -2.32. The molecule has 6 heteroatoms. The minimum Gasteiger partial charge on any atom is -0.388 e. The molecular formula is C9H12Br2O4. The van der Waals surface area contributed by atoms with Crippen LogP contribution in [0.4, 0.5) is 0 Å². The van der Waals surface area contributed by atoms with E-state index in [9.17, 15) is 4.79 Å². The maximum absolute atomic E-state index is 11.4. The molecule has 0 saturated carbocycles. The molecule has 0 aromatic heterocycles. The van der Waals surface area contributed by atoms with Crippen molar-refractivity contribution in [3.8, 4) is 0 Å². The first-order valence-electron chi connectivity index (χ1n) is 4.38. The first-order valence-corrected chi connectivity index (χ1v) is 5.96. The second kappa shape index (κ2) is 5.05. The molecule has 0 bridgehead atoms. The number of ether oxygens (including phenoxy) is 2. The molecule has 0 unspecified atom stereocenters. The molecule has 1 aliphatic rings. The number of carbonyl (C=O) groups excluding carboxylic acids is 1. The van der Waals surface area contributed by atoms with Gasteiger partial charge in [-0.05, 0) is 51.8 Å². The zero-order valence-electron chi connectivity index (χ0n) is 8.37. The van der Waals surface area contributed by atoms with Crippen molar-refractivity contribution in [2.45, 2.75) is 31.8 Å². The van der Waals surface area contributed by atoms with Crippen LogP contribution in [0.15, 0.2) is 9.47 Å². The van der Waals surface area contributed by atoms with E-state index in [1.807, 2.05) is 0 Å². The van der Waals surface area contributed by atoms with Crippen molar-refractivity contribution in [1.29, 1.82) is 0 Å². The third-order valence-electron chi connectivity index (χ3n) is 1.89. The Kier molecular flexibility index (Phi) is 4.49. The number of carbonyl (C=O) groups is 1. The molecule has 86 valence electrons. The van der Waals surface area contributed by atoms with Gasteiger partial charge in [0.15, 0.2) is 17.7 Å². The zero-order chi connectivity index (χ0) is 11.6. The van der Waals surface area contributed by atoms with Crippen molar-refractivity contribution < 1.29 is 19.4 Å².